The number of nitrogens with zero attached hydrogens (tertiary/aromatic N) is 4. The van der Waals surface area contributed by atoms with Gasteiger partial charge in [0.05, 0.1) is 12.4 Å². The van der Waals surface area contributed by atoms with Gasteiger partial charge in [0.15, 0.2) is 5.82 Å². The van der Waals surface area contributed by atoms with Crippen molar-refractivity contribution in [2.24, 2.45) is 4.99 Å². The minimum atomic E-state index is -0.0509. The normalized spacial score (nSPS) is 20.0. The van der Waals surface area contributed by atoms with Gasteiger partial charge < -0.3 is 15.5 Å². The van der Waals surface area contributed by atoms with Crippen molar-refractivity contribution in [3.05, 3.63) is 60.4 Å². The molecule has 0 saturated carbocycles. The number of aliphatic imine (C=N–C) groups is 1. The van der Waals surface area contributed by atoms with Crippen molar-refractivity contribution in [2.75, 3.05) is 43.4 Å². The first kappa shape index (κ1) is 20.6. The maximum Gasteiger partial charge on any atom is 0.321 e. The second-order valence-electron chi connectivity index (χ2n) is 7.77. The van der Waals surface area contributed by atoms with E-state index in [0.717, 1.165) is 64.8 Å². The van der Waals surface area contributed by atoms with Crippen molar-refractivity contribution in [3.8, 4) is 0 Å². The van der Waals surface area contributed by atoms with Crippen LogP contribution in [0.3, 0.4) is 0 Å². The minimum Gasteiger partial charge on any atom is -0.322 e. The molecule has 11 heteroatoms. The Bertz CT molecular complexity index is 1070. The molecule has 5 N–H and O–H groups in total. The highest BCUT2D eigenvalue weighted by Gasteiger charge is 2.32. The fraction of sp³-hybridized carbons (Fsp3) is 0.286. The number of rotatable bonds is 5. The third-order valence-corrected chi connectivity index (χ3v) is 6.30. The summed E-state index contributed by atoms with van der Waals surface area (Å²) in [6.07, 6.45) is 5.93. The molecule has 3 aliphatic rings. The minimum absolute atomic E-state index is 0.0509. The number of anilines is 2. The molecule has 1 atom stereocenters. The molecular formula is C21H26N9OS+. The number of amidine groups is 1. The maximum absolute atomic E-state index is 12.4. The van der Waals surface area contributed by atoms with Crippen LogP contribution in [0.15, 0.2) is 64.6 Å². The van der Waals surface area contributed by atoms with Gasteiger partial charge in [-0.3, -0.25) is 14.7 Å². The fourth-order valence-corrected chi connectivity index (χ4v) is 4.60. The molecule has 3 aliphatic heterocycles. The quantitative estimate of drug-likeness (QED) is 0.436. The van der Waals surface area contributed by atoms with Crippen molar-refractivity contribution in [2.45, 2.75) is 11.8 Å². The average Bonchev–Trinajstić information content (AvgIpc) is 3.44. The first-order valence-corrected chi connectivity index (χ1v) is 11.3. The number of benzene rings is 1. The average molecular weight is 453 g/mol. The molecular weight excluding hydrogens is 426 g/mol. The molecule has 32 heavy (non-hydrogen) atoms. The van der Waals surface area contributed by atoms with Crippen LogP contribution in [0.5, 0.6) is 0 Å². The Labute approximate surface area is 190 Å². The molecule has 2 amide bonds. The van der Waals surface area contributed by atoms with Crippen LogP contribution < -0.4 is 20.9 Å². The molecule has 166 valence electrons. The van der Waals surface area contributed by atoms with Gasteiger partial charge >= 0.3 is 6.03 Å². The van der Waals surface area contributed by atoms with E-state index in [0.29, 0.717) is 6.54 Å². The van der Waals surface area contributed by atoms with Gasteiger partial charge in [-0.2, -0.15) is 5.10 Å². The predicted octanol–water partition coefficient (Wildman–Crippen LogP) is 1.16. The van der Waals surface area contributed by atoms with Crippen molar-refractivity contribution >= 4 is 35.3 Å². The predicted molar refractivity (Wildman–Crippen MR) is 125 cm³/mol. The number of aromatic nitrogens is 2. The van der Waals surface area contributed by atoms with Crippen LogP contribution in [0.25, 0.3) is 0 Å². The van der Waals surface area contributed by atoms with E-state index in [4.69, 9.17) is 0 Å². The number of carbonyl (C=O) groups excluding carboxylic acids is 1. The SMILES string of the molecule is Cc1cc(NC2=CN(Sc3ccc(NC(=O)N4CCNCC4)cc3)CC3=NC=C[NH+]23)n[nH]1. The Morgan fingerprint density at radius 1 is 1.22 bits per heavy atom. The lowest BCUT2D eigenvalue weighted by molar-refractivity contribution is -0.699. The zero-order chi connectivity index (χ0) is 21.9. The summed E-state index contributed by atoms with van der Waals surface area (Å²) < 4.78 is 2.14. The van der Waals surface area contributed by atoms with Crippen LogP contribution in [0, 0.1) is 6.92 Å². The van der Waals surface area contributed by atoms with Crippen LogP contribution in [-0.2, 0) is 0 Å². The highest BCUT2D eigenvalue weighted by Crippen LogP contribution is 2.26. The van der Waals surface area contributed by atoms with E-state index in [1.807, 2.05) is 54.6 Å². The molecule has 1 fully saturated rings. The first-order chi connectivity index (χ1) is 15.6. The zero-order valence-corrected chi connectivity index (χ0v) is 18.6. The summed E-state index contributed by atoms with van der Waals surface area (Å²) >= 11 is 1.62. The van der Waals surface area contributed by atoms with Crippen LogP contribution in [-0.4, -0.2) is 64.0 Å². The second kappa shape index (κ2) is 9.07. The number of fused-ring (bicyclic) bond motifs is 1. The van der Waals surface area contributed by atoms with E-state index in [1.54, 1.807) is 11.9 Å². The number of hydrogen-bond acceptors (Lipinski definition) is 7. The summed E-state index contributed by atoms with van der Waals surface area (Å²) in [6, 6.07) is 9.83. The second-order valence-corrected chi connectivity index (χ2v) is 8.89. The van der Waals surface area contributed by atoms with E-state index < -0.39 is 0 Å². The molecule has 0 radical (unpaired) electrons. The largest absolute Gasteiger partial charge is 0.322 e. The van der Waals surface area contributed by atoms with Crippen LogP contribution in [0.2, 0.25) is 0 Å². The lowest BCUT2D eigenvalue weighted by Gasteiger charge is -2.28. The number of quaternary nitrogens is 1. The van der Waals surface area contributed by atoms with Gasteiger partial charge in [-0.1, -0.05) is 0 Å². The van der Waals surface area contributed by atoms with Gasteiger partial charge in [-0.15, -0.1) is 0 Å². The summed E-state index contributed by atoms with van der Waals surface area (Å²) in [6.45, 7) is 5.81. The number of H-pyrrole nitrogens is 1. The van der Waals surface area contributed by atoms with Crippen molar-refractivity contribution in [1.82, 2.24) is 24.7 Å². The van der Waals surface area contributed by atoms with Gasteiger partial charge in [-0.25, -0.2) is 14.7 Å². The third kappa shape index (κ3) is 4.64. The molecule has 4 heterocycles. The summed E-state index contributed by atoms with van der Waals surface area (Å²) in [4.78, 5) is 20.9. The van der Waals surface area contributed by atoms with Crippen LogP contribution in [0.4, 0.5) is 16.3 Å². The highest BCUT2D eigenvalue weighted by atomic mass is 32.2. The van der Waals surface area contributed by atoms with Crippen molar-refractivity contribution in [1.29, 1.82) is 0 Å². The molecule has 0 spiro atoms. The smallest absolute Gasteiger partial charge is 0.321 e. The molecule has 0 bridgehead atoms. The van der Waals surface area contributed by atoms with Crippen molar-refractivity contribution < 1.29 is 9.69 Å². The van der Waals surface area contributed by atoms with E-state index >= 15 is 0 Å². The number of nitrogens with one attached hydrogen (secondary N) is 5. The summed E-state index contributed by atoms with van der Waals surface area (Å²) in [5.41, 5.74) is 1.79. The summed E-state index contributed by atoms with van der Waals surface area (Å²) in [7, 11) is 0. The van der Waals surface area contributed by atoms with Gasteiger partial charge in [0.2, 0.25) is 11.7 Å². The van der Waals surface area contributed by atoms with E-state index in [-0.39, 0.29) is 6.03 Å². The molecule has 5 rings (SSSR count). The fourth-order valence-electron chi connectivity index (χ4n) is 3.73. The third-order valence-electron chi connectivity index (χ3n) is 5.35. The Morgan fingerprint density at radius 2 is 2.03 bits per heavy atom. The van der Waals surface area contributed by atoms with Gasteiger partial charge in [0.1, 0.15) is 12.7 Å². The van der Waals surface area contributed by atoms with E-state index in [2.05, 4.69) is 41.6 Å². The molecule has 10 nitrogen and oxygen atoms in total. The molecule has 0 aliphatic carbocycles. The number of aryl methyl sites for hydroxylation is 1. The molecule has 1 aromatic carbocycles. The van der Waals surface area contributed by atoms with Crippen LogP contribution in [0.1, 0.15) is 5.69 Å². The standard InChI is InChI=1S/C21H25N9OS/c1-15-12-18(27-26-15)25-20-14-29(13-19-23-8-11-30(19)20)32-17-4-2-16(3-5-17)24-21(31)28-9-6-22-7-10-28/h2-5,8,11-12,14,22H,6-7,9-10,13H2,1H3,(H,24,31)(H2,25,26,27)/p+1. The first-order valence-electron chi connectivity index (χ1n) is 10.6. The molecule has 1 saturated heterocycles. The Kier molecular flexibility index (Phi) is 5.84. The summed E-state index contributed by atoms with van der Waals surface area (Å²) in [5, 5.41) is 16.9. The topological polar surface area (TPSA) is 105 Å². The number of amides is 2. The van der Waals surface area contributed by atoms with Crippen LogP contribution >= 0.6 is 11.9 Å². The summed E-state index contributed by atoms with van der Waals surface area (Å²) in [5.74, 6) is 2.76. The molecule has 1 aromatic heterocycles. The monoisotopic (exact) mass is 452 g/mol. The molecule has 1 unspecified atom stereocenters. The molecule has 2 aromatic rings. The number of aromatic amines is 1. The number of carbonyl (C=O) groups is 1. The van der Waals surface area contributed by atoms with Gasteiger partial charge in [0.25, 0.3) is 0 Å². The lowest BCUT2D eigenvalue weighted by atomic mass is 10.3. The zero-order valence-electron chi connectivity index (χ0n) is 17.8. The maximum atomic E-state index is 12.4. The number of piperazine rings is 1. The number of hydrogen-bond donors (Lipinski definition) is 5. The van der Waals surface area contributed by atoms with Crippen molar-refractivity contribution in [3.63, 3.8) is 0 Å². The van der Waals surface area contributed by atoms with E-state index in [9.17, 15) is 4.79 Å². The highest BCUT2D eigenvalue weighted by molar-refractivity contribution is 7.97. The lowest BCUT2D eigenvalue weighted by Crippen LogP contribution is -3.10. The van der Waals surface area contributed by atoms with E-state index in [1.165, 1.54) is 0 Å². The Morgan fingerprint density at radius 3 is 2.78 bits per heavy atom. The number of urea groups is 1. The van der Waals surface area contributed by atoms with Gasteiger partial charge in [0, 0.05) is 48.5 Å². The van der Waals surface area contributed by atoms with Gasteiger partial charge in [-0.05, 0) is 43.1 Å². The Hall–Kier alpha value is -3.28. The Balaban J connectivity index is 1.24.